The van der Waals surface area contributed by atoms with Crippen LogP contribution in [0.3, 0.4) is 0 Å². The van der Waals surface area contributed by atoms with Gasteiger partial charge in [-0.2, -0.15) is 0 Å². The van der Waals surface area contributed by atoms with Gasteiger partial charge < -0.3 is 15.3 Å². The Morgan fingerprint density at radius 3 is 2.73 bits per heavy atom. The van der Waals surface area contributed by atoms with Crippen LogP contribution >= 0.6 is 0 Å². The molecule has 1 aliphatic carbocycles. The Balaban J connectivity index is 1.71. The molecule has 0 spiro atoms. The fraction of sp³-hybridized carbons (Fsp3) is 0.611. The van der Waals surface area contributed by atoms with Crippen molar-refractivity contribution in [2.75, 3.05) is 19.6 Å². The average Bonchev–Trinajstić information content (AvgIpc) is 2.98. The largest absolute Gasteiger partial charge is 0.388 e. The third-order valence-corrected chi connectivity index (χ3v) is 4.82. The standard InChI is InChI=1S/C18H27N3O/c1-2-19-17(20-14-18(22)10-5-6-11-18)21-12-9-15-7-3-4-8-16(15)13-21/h3-4,7-8,22H,2,5-6,9-14H2,1H3,(H,19,20). The maximum Gasteiger partial charge on any atom is 0.194 e. The molecule has 4 heteroatoms. The molecular weight excluding hydrogens is 274 g/mol. The minimum absolute atomic E-state index is 0.521. The van der Waals surface area contributed by atoms with E-state index in [-0.39, 0.29) is 0 Å². The van der Waals surface area contributed by atoms with Crippen LogP contribution in [0, 0.1) is 0 Å². The van der Waals surface area contributed by atoms with Gasteiger partial charge in [0.15, 0.2) is 5.96 Å². The van der Waals surface area contributed by atoms with Gasteiger partial charge in [-0.25, -0.2) is 0 Å². The van der Waals surface area contributed by atoms with Crippen molar-refractivity contribution in [3.8, 4) is 0 Å². The van der Waals surface area contributed by atoms with Gasteiger partial charge in [0.1, 0.15) is 0 Å². The lowest BCUT2D eigenvalue weighted by Crippen LogP contribution is -2.45. The minimum atomic E-state index is -0.575. The van der Waals surface area contributed by atoms with E-state index in [1.807, 2.05) is 0 Å². The summed E-state index contributed by atoms with van der Waals surface area (Å²) in [5, 5.41) is 13.9. The quantitative estimate of drug-likeness (QED) is 0.665. The molecule has 1 aliphatic heterocycles. The molecule has 1 aromatic carbocycles. The number of fused-ring (bicyclic) bond motifs is 1. The van der Waals surface area contributed by atoms with E-state index in [4.69, 9.17) is 4.99 Å². The van der Waals surface area contributed by atoms with Crippen LogP contribution in [0.2, 0.25) is 0 Å². The Morgan fingerprint density at radius 1 is 1.27 bits per heavy atom. The van der Waals surface area contributed by atoms with Crippen molar-refractivity contribution < 1.29 is 5.11 Å². The number of rotatable bonds is 3. The number of hydrogen-bond donors (Lipinski definition) is 2. The second-order valence-electron chi connectivity index (χ2n) is 6.54. The zero-order valence-electron chi connectivity index (χ0n) is 13.5. The summed E-state index contributed by atoms with van der Waals surface area (Å²) < 4.78 is 0. The fourth-order valence-corrected chi connectivity index (χ4v) is 3.52. The number of nitrogens with one attached hydrogen (secondary N) is 1. The molecule has 0 unspecified atom stereocenters. The molecule has 1 saturated carbocycles. The van der Waals surface area contributed by atoms with Gasteiger partial charge in [0, 0.05) is 19.6 Å². The number of aliphatic imine (C=N–C) groups is 1. The average molecular weight is 301 g/mol. The van der Waals surface area contributed by atoms with Gasteiger partial charge in [-0.3, -0.25) is 4.99 Å². The summed E-state index contributed by atoms with van der Waals surface area (Å²) in [6, 6.07) is 8.64. The Labute approximate surface area is 133 Å². The van der Waals surface area contributed by atoms with Gasteiger partial charge >= 0.3 is 0 Å². The van der Waals surface area contributed by atoms with E-state index in [1.165, 1.54) is 11.1 Å². The Morgan fingerprint density at radius 2 is 2.00 bits per heavy atom. The van der Waals surface area contributed by atoms with Gasteiger partial charge in [-0.05, 0) is 37.3 Å². The highest BCUT2D eigenvalue weighted by Gasteiger charge is 2.31. The van der Waals surface area contributed by atoms with E-state index in [1.54, 1.807) is 0 Å². The first-order valence-electron chi connectivity index (χ1n) is 8.53. The summed E-state index contributed by atoms with van der Waals surface area (Å²) in [4.78, 5) is 7.05. The molecule has 0 aromatic heterocycles. The first-order chi connectivity index (χ1) is 10.7. The molecule has 1 heterocycles. The normalized spacial score (nSPS) is 20.8. The summed E-state index contributed by atoms with van der Waals surface area (Å²) in [6.07, 6.45) is 5.08. The van der Waals surface area contributed by atoms with E-state index in [9.17, 15) is 5.11 Å². The highest BCUT2D eigenvalue weighted by molar-refractivity contribution is 5.80. The molecule has 22 heavy (non-hydrogen) atoms. The number of nitrogens with zero attached hydrogens (tertiary/aromatic N) is 2. The minimum Gasteiger partial charge on any atom is -0.388 e. The lowest BCUT2D eigenvalue weighted by molar-refractivity contribution is 0.0571. The molecule has 120 valence electrons. The lowest BCUT2D eigenvalue weighted by Gasteiger charge is -2.32. The SMILES string of the molecule is CCNC(=NCC1(O)CCCC1)N1CCc2ccccc2C1. The molecular formula is C18H27N3O. The summed E-state index contributed by atoms with van der Waals surface area (Å²) in [5.41, 5.74) is 2.26. The molecule has 1 fully saturated rings. The maximum absolute atomic E-state index is 10.5. The second-order valence-corrected chi connectivity index (χ2v) is 6.54. The highest BCUT2D eigenvalue weighted by atomic mass is 16.3. The van der Waals surface area contributed by atoms with E-state index in [0.29, 0.717) is 6.54 Å². The van der Waals surface area contributed by atoms with Crippen molar-refractivity contribution in [3.05, 3.63) is 35.4 Å². The number of aliphatic hydroxyl groups is 1. The first kappa shape index (κ1) is 15.3. The van der Waals surface area contributed by atoms with E-state index in [2.05, 4.69) is 41.4 Å². The zero-order valence-corrected chi connectivity index (χ0v) is 13.5. The van der Waals surface area contributed by atoms with Gasteiger partial charge in [0.2, 0.25) is 0 Å². The molecule has 1 aromatic rings. The van der Waals surface area contributed by atoms with Crippen molar-refractivity contribution >= 4 is 5.96 Å². The van der Waals surface area contributed by atoms with E-state index in [0.717, 1.165) is 57.7 Å². The summed E-state index contributed by atoms with van der Waals surface area (Å²) in [7, 11) is 0. The van der Waals surface area contributed by atoms with Crippen molar-refractivity contribution in [1.29, 1.82) is 0 Å². The van der Waals surface area contributed by atoms with Gasteiger partial charge in [-0.15, -0.1) is 0 Å². The van der Waals surface area contributed by atoms with Gasteiger partial charge in [0.25, 0.3) is 0 Å². The molecule has 0 atom stereocenters. The lowest BCUT2D eigenvalue weighted by atomic mass is 10.0. The molecule has 0 bridgehead atoms. The second kappa shape index (κ2) is 6.69. The topological polar surface area (TPSA) is 47.9 Å². The molecule has 0 radical (unpaired) electrons. The van der Waals surface area contributed by atoms with Crippen molar-refractivity contribution in [2.24, 2.45) is 4.99 Å². The first-order valence-corrected chi connectivity index (χ1v) is 8.53. The molecule has 2 N–H and O–H groups in total. The third kappa shape index (κ3) is 3.43. The predicted octanol–water partition coefficient (Wildman–Crippen LogP) is 2.32. The Hall–Kier alpha value is -1.55. The molecule has 2 aliphatic rings. The van der Waals surface area contributed by atoms with Crippen molar-refractivity contribution in [1.82, 2.24) is 10.2 Å². The number of hydrogen-bond acceptors (Lipinski definition) is 2. The van der Waals surface area contributed by atoms with Gasteiger partial charge in [0.05, 0.1) is 12.1 Å². The van der Waals surface area contributed by atoms with Crippen LogP contribution in [0.4, 0.5) is 0 Å². The van der Waals surface area contributed by atoms with Crippen molar-refractivity contribution in [3.63, 3.8) is 0 Å². The Bertz CT molecular complexity index is 535. The fourth-order valence-electron chi connectivity index (χ4n) is 3.52. The van der Waals surface area contributed by atoms with Crippen LogP contribution in [0.15, 0.2) is 29.3 Å². The number of guanidine groups is 1. The zero-order chi connectivity index (χ0) is 15.4. The van der Waals surface area contributed by atoms with Crippen LogP contribution in [-0.4, -0.2) is 41.2 Å². The van der Waals surface area contributed by atoms with Crippen LogP contribution in [0.1, 0.15) is 43.7 Å². The molecule has 0 amide bonds. The molecule has 3 rings (SSSR count). The summed E-state index contributed by atoms with van der Waals surface area (Å²) in [5.74, 6) is 0.942. The summed E-state index contributed by atoms with van der Waals surface area (Å²) >= 11 is 0. The predicted molar refractivity (Wildman–Crippen MR) is 90.0 cm³/mol. The van der Waals surface area contributed by atoms with Gasteiger partial charge in [-0.1, -0.05) is 37.1 Å². The molecule has 4 nitrogen and oxygen atoms in total. The smallest absolute Gasteiger partial charge is 0.194 e. The molecule has 0 saturated heterocycles. The maximum atomic E-state index is 10.5. The highest BCUT2D eigenvalue weighted by Crippen LogP contribution is 2.29. The van der Waals surface area contributed by atoms with E-state index < -0.39 is 5.60 Å². The Kier molecular flexibility index (Phi) is 4.67. The van der Waals surface area contributed by atoms with E-state index >= 15 is 0 Å². The number of benzene rings is 1. The third-order valence-electron chi connectivity index (χ3n) is 4.82. The summed E-state index contributed by atoms with van der Waals surface area (Å²) in [6.45, 7) is 5.36. The van der Waals surface area contributed by atoms with Crippen LogP contribution in [0.5, 0.6) is 0 Å². The van der Waals surface area contributed by atoms with Crippen LogP contribution in [-0.2, 0) is 13.0 Å². The van der Waals surface area contributed by atoms with Crippen LogP contribution < -0.4 is 5.32 Å². The van der Waals surface area contributed by atoms with Crippen LogP contribution in [0.25, 0.3) is 0 Å². The van der Waals surface area contributed by atoms with Crippen molar-refractivity contribution in [2.45, 2.75) is 51.2 Å². The monoisotopic (exact) mass is 301 g/mol.